The van der Waals surface area contributed by atoms with Gasteiger partial charge in [0.25, 0.3) is 0 Å². The summed E-state index contributed by atoms with van der Waals surface area (Å²) in [6, 6.07) is 7.94. The zero-order chi connectivity index (χ0) is 14.2. The molecule has 0 aromatic heterocycles. The molecular formula is C16H24N2O2. The lowest BCUT2D eigenvalue weighted by Crippen LogP contribution is -2.26. The van der Waals surface area contributed by atoms with Gasteiger partial charge in [0.1, 0.15) is 0 Å². The topological polar surface area (TPSA) is 64.3 Å². The van der Waals surface area contributed by atoms with Crippen LogP contribution in [0.15, 0.2) is 24.3 Å². The van der Waals surface area contributed by atoms with Crippen molar-refractivity contribution in [3.8, 4) is 0 Å². The Balaban J connectivity index is 1.71. The molecule has 4 nitrogen and oxygen atoms in total. The van der Waals surface area contributed by atoms with E-state index in [1.165, 1.54) is 6.42 Å². The molecule has 1 aromatic rings. The molecule has 1 amide bonds. The number of nitrogens with one attached hydrogen (secondary N) is 1. The molecule has 0 radical (unpaired) electrons. The minimum Gasteiger partial charge on any atom is -0.378 e. The van der Waals surface area contributed by atoms with Crippen molar-refractivity contribution in [3.63, 3.8) is 0 Å². The summed E-state index contributed by atoms with van der Waals surface area (Å²) in [5.74, 6) is 0.0889. The normalized spacial score (nSPS) is 18.8. The molecular weight excluding hydrogens is 252 g/mol. The highest BCUT2D eigenvalue weighted by Crippen LogP contribution is 2.16. The van der Waals surface area contributed by atoms with Crippen LogP contribution in [0.3, 0.4) is 0 Å². The van der Waals surface area contributed by atoms with Gasteiger partial charge in [-0.3, -0.25) is 4.79 Å². The quantitative estimate of drug-likeness (QED) is 0.836. The van der Waals surface area contributed by atoms with Gasteiger partial charge in [-0.05, 0) is 36.8 Å². The first kappa shape index (κ1) is 15.0. The summed E-state index contributed by atoms with van der Waals surface area (Å²) in [5, 5.41) is 2.96. The highest BCUT2D eigenvalue weighted by molar-refractivity contribution is 5.75. The van der Waals surface area contributed by atoms with Crippen molar-refractivity contribution in [1.29, 1.82) is 0 Å². The molecule has 1 aliphatic rings. The van der Waals surface area contributed by atoms with Crippen molar-refractivity contribution in [2.45, 2.75) is 51.3 Å². The highest BCUT2D eigenvalue weighted by atomic mass is 16.5. The van der Waals surface area contributed by atoms with E-state index in [1.54, 1.807) is 0 Å². The van der Waals surface area contributed by atoms with Crippen LogP contribution in [0.25, 0.3) is 0 Å². The molecule has 0 saturated carbocycles. The van der Waals surface area contributed by atoms with Crippen LogP contribution in [0.1, 0.15) is 43.2 Å². The second-order valence-corrected chi connectivity index (χ2v) is 5.28. The van der Waals surface area contributed by atoms with Gasteiger partial charge >= 0.3 is 0 Å². The minimum atomic E-state index is 0.0889. The summed E-state index contributed by atoms with van der Waals surface area (Å²) in [6.07, 6.45) is 5.09. The number of rotatable bonds is 6. The fraction of sp³-hybridized carbons (Fsp3) is 0.562. The molecule has 0 aliphatic carbocycles. The molecule has 0 bridgehead atoms. The minimum absolute atomic E-state index is 0.0889. The van der Waals surface area contributed by atoms with Gasteiger partial charge in [-0.1, -0.05) is 24.3 Å². The molecule has 110 valence electrons. The maximum absolute atomic E-state index is 11.9. The largest absolute Gasteiger partial charge is 0.378 e. The molecule has 1 saturated heterocycles. The maximum Gasteiger partial charge on any atom is 0.220 e. The fourth-order valence-electron chi connectivity index (χ4n) is 2.54. The summed E-state index contributed by atoms with van der Waals surface area (Å²) in [5.41, 5.74) is 7.87. The predicted octanol–water partition coefficient (Wildman–Crippen LogP) is 2.11. The van der Waals surface area contributed by atoms with Crippen LogP contribution in [-0.4, -0.2) is 18.6 Å². The van der Waals surface area contributed by atoms with Crippen molar-refractivity contribution in [2.24, 2.45) is 5.73 Å². The Morgan fingerprint density at radius 1 is 1.30 bits per heavy atom. The van der Waals surface area contributed by atoms with Gasteiger partial charge in [-0.2, -0.15) is 0 Å². The predicted molar refractivity (Wildman–Crippen MR) is 79.0 cm³/mol. The lowest BCUT2D eigenvalue weighted by molar-refractivity contribution is -0.122. The van der Waals surface area contributed by atoms with E-state index in [4.69, 9.17) is 10.5 Å². The third-order valence-corrected chi connectivity index (χ3v) is 3.78. The standard InChI is InChI=1S/C16H24N2O2/c17-11-13-5-1-2-6-14(13)12-18-16(19)9-8-15-7-3-4-10-20-15/h1-2,5-6,15H,3-4,7-12,17H2,(H,18,19). The van der Waals surface area contributed by atoms with E-state index in [-0.39, 0.29) is 12.0 Å². The number of hydrogen-bond donors (Lipinski definition) is 2. The third-order valence-electron chi connectivity index (χ3n) is 3.78. The van der Waals surface area contributed by atoms with Crippen molar-refractivity contribution in [2.75, 3.05) is 6.61 Å². The smallest absolute Gasteiger partial charge is 0.220 e. The van der Waals surface area contributed by atoms with Crippen LogP contribution < -0.4 is 11.1 Å². The Morgan fingerprint density at radius 2 is 2.10 bits per heavy atom. The second-order valence-electron chi connectivity index (χ2n) is 5.28. The van der Waals surface area contributed by atoms with Gasteiger partial charge < -0.3 is 15.8 Å². The summed E-state index contributed by atoms with van der Waals surface area (Å²) < 4.78 is 5.63. The molecule has 1 fully saturated rings. The zero-order valence-electron chi connectivity index (χ0n) is 11.9. The van der Waals surface area contributed by atoms with E-state index in [2.05, 4.69) is 5.32 Å². The Hall–Kier alpha value is -1.39. The van der Waals surface area contributed by atoms with E-state index in [1.807, 2.05) is 24.3 Å². The summed E-state index contributed by atoms with van der Waals surface area (Å²) >= 11 is 0. The molecule has 1 atom stereocenters. The fourth-order valence-corrected chi connectivity index (χ4v) is 2.54. The molecule has 1 unspecified atom stereocenters. The van der Waals surface area contributed by atoms with Crippen molar-refractivity contribution in [1.82, 2.24) is 5.32 Å². The summed E-state index contributed by atoms with van der Waals surface area (Å²) in [7, 11) is 0. The van der Waals surface area contributed by atoms with Gasteiger partial charge in [0.2, 0.25) is 5.91 Å². The first-order valence-corrected chi connectivity index (χ1v) is 7.44. The lowest BCUT2D eigenvalue weighted by Gasteiger charge is -2.22. The Labute approximate surface area is 120 Å². The average molecular weight is 276 g/mol. The SMILES string of the molecule is NCc1ccccc1CNC(=O)CCC1CCCCO1. The van der Waals surface area contributed by atoms with Crippen molar-refractivity contribution >= 4 is 5.91 Å². The van der Waals surface area contributed by atoms with Gasteiger partial charge in [0.05, 0.1) is 6.10 Å². The summed E-state index contributed by atoms with van der Waals surface area (Å²) in [4.78, 5) is 11.9. The van der Waals surface area contributed by atoms with Gasteiger partial charge in [0.15, 0.2) is 0 Å². The molecule has 3 N–H and O–H groups in total. The van der Waals surface area contributed by atoms with E-state index >= 15 is 0 Å². The molecule has 1 aromatic carbocycles. The highest BCUT2D eigenvalue weighted by Gasteiger charge is 2.15. The van der Waals surface area contributed by atoms with Crippen molar-refractivity contribution < 1.29 is 9.53 Å². The van der Waals surface area contributed by atoms with Gasteiger partial charge in [-0.25, -0.2) is 0 Å². The molecule has 0 spiro atoms. The van der Waals surface area contributed by atoms with Crippen LogP contribution in [0.5, 0.6) is 0 Å². The van der Waals surface area contributed by atoms with Crippen molar-refractivity contribution in [3.05, 3.63) is 35.4 Å². The Morgan fingerprint density at radius 3 is 2.80 bits per heavy atom. The number of carbonyl (C=O) groups excluding carboxylic acids is 1. The Kier molecular flexibility index (Phi) is 6.02. The third kappa shape index (κ3) is 4.62. The maximum atomic E-state index is 11.9. The van der Waals surface area contributed by atoms with E-state index in [0.29, 0.717) is 19.5 Å². The van der Waals surface area contributed by atoms with Gasteiger partial charge in [0, 0.05) is 26.1 Å². The first-order chi connectivity index (χ1) is 9.79. The Bertz CT molecular complexity index is 428. The molecule has 4 heteroatoms. The first-order valence-electron chi connectivity index (χ1n) is 7.44. The van der Waals surface area contributed by atoms with E-state index in [0.717, 1.165) is 37.0 Å². The van der Waals surface area contributed by atoms with Crippen LogP contribution in [-0.2, 0) is 22.6 Å². The zero-order valence-corrected chi connectivity index (χ0v) is 11.9. The van der Waals surface area contributed by atoms with E-state index in [9.17, 15) is 4.79 Å². The van der Waals surface area contributed by atoms with Crippen LogP contribution in [0, 0.1) is 0 Å². The second kappa shape index (κ2) is 8.02. The molecule has 1 aliphatic heterocycles. The number of ether oxygens (including phenoxy) is 1. The number of benzene rings is 1. The van der Waals surface area contributed by atoms with Gasteiger partial charge in [-0.15, -0.1) is 0 Å². The number of amides is 1. The average Bonchev–Trinajstić information content (AvgIpc) is 2.52. The van der Waals surface area contributed by atoms with Crippen LogP contribution in [0.2, 0.25) is 0 Å². The number of hydrogen-bond acceptors (Lipinski definition) is 3. The molecule has 20 heavy (non-hydrogen) atoms. The van der Waals surface area contributed by atoms with E-state index < -0.39 is 0 Å². The number of nitrogens with two attached hydrogens (primary N) is 1. The van der Waals surface area contributed by atoms with Crippen LogP contribution >= 0.6 is 0 Å². The van der Waals surface area contributed by atoms with Crippen LogP contribution in [0.4, 0.5) is 0 Å². The monoisotopic (exact) mass is 276 g/mol. The number of carbonyl (C=O) groups is 1. The molecule has 1 heterocycles. The summed E-state index contributed by atoms with van der Waals surface area (Å²) in [6.45, 7) is 1.90. The lowest BCUT2D eigenvalue weighted by atomic mass is 10.0. The molecule has 2 rings (SSSR count).